The summed E-state index contributed by atoms with van der Waals surface area (Å²) in [6.45, 7) is 3.52. The van der Waals surface area contributed by atoms with Gasteiger partial charge in [0, 0.05) is 11.8 Å². The lowest BCUT2D eigenvalue weighted by Gasteiger charge is -2.10. The molecule has 0 spiro atoms. The molecule has 0 bridgehead atoms. The van der Waals surface area contributed by atoms with Gasteiger partial charge in [0.05, 0.1) is 10.5 Å². The lowest BCUT2D eigenvalue weighted by atomic mass is 10.1. The highest BCUT2D eigenvalue weighted by atomic mass is 16.6. The van der Waals surface area contributed by atoms with Gasteiger partial charge in [0.1, 0.15) is 5.69 Å². The fraction of sp³-hybridized carbons (Fsp3) is 0.133. The van der Waals surface area contributed by atoms with Gasteiger partial charge in [-0.1, -0.05) is 6.07 Å². The Labute approximate surface area is 121 Å². The average Bonchev–Trinajstić information content (AvgIpc) is 2.37. The molecule has 2 N–H and O–H groups in total. The molecule has 0 aliphatic carbocycles. The summed E-state index contributed by atoms with van der Waals surface area (Å²) in [4.78, 5) is 21.5. The third kappa shape index (κ3) is 3.17. The minimum absolute atomic E-state index is 0.0273. The molecule has 6 nitrogen and oxygen atoms in total. The van der Waals surface area contributed by atoms with Gasteiger partial charge in [-0.3, -0.25) is 10.1 Å². The standard InChI is InChI=1S/C15H14N2O4/c1-9-3-6-14(17(20)21)13(7-9)16-11-4-5-12(15(18)19)10(2)8-11/h3-8,16H,1-2H3,(H,18,19). The second kappa shape index (κ2) is 5.62. The van der Waals surface area contributed by atoms with Crippen LogP contribution in [0.3, 0.4) is 0 Å². The molecule has 0 aromatic heterocycles. The topological polar surface area (TPSA) is 92.5 Å². The largest absolute Gasteiger partial charge is 0.478 e. The van der Waals surface area contributed by atoms with Crippen LogP contribution in [-0.2, 0) is 0 Å². The van der Waals surface area contributed by atoms with Crippen LogP contribution in [-0.4, -0.2) is 16.0 Å². The van der Waals surface area contributed by atoms with Gasteiger partial charge in [-0.15, -0.1) is 0 Å². The summed E-state index contributed by atoms with van der Waals surface area (Å²) in [7, 11) is 0. The first kappa shape index (κ1) is 14.5. The lowest BCUT2D eigenvalue weighted by Crippen LogP contribution is -2.01. The molecule has 21 heavy (non-hydrogen) atoms. The molecule has 2 aromatic carbocycles. The zero-order valence-corrected chi connectivity index (χ0v) is 11.6. The first-order valence-corrected chi connectivity index (χ1v) is 6.24. The van der Waals surface area contributed by atoms with Crippen LogP contribution in [0.5, 0.6) is 0 Å². The van der Waals surface area contributed by atoms with Crippen molar-refractivity contribution in [1.82, 2.24) is 0 Å². The average molecular weight is 286 g/mol. The van der Waals surface area contributed by atoms with Crippen molar-refractivity contribution >= 4 is 23.0 Å². The fourth-order valence-electron chi connectivity index (χ4n) is 2.05. The number of nitrogens with one attached hydrogen (secondary N) is 1. The van der Waals surface area contributed by atoms with Crippen molar-refractivity contribution in [3.05, 3.63) is 63.2 Å². The predicted octanol–water partition coefficient (Wildman–Crippen LogP) is 3.65. The van der Waals surface area contributed by atoms with Crippen LogP contribution in [0.15, 0.2) is 36.4 Å². The molecule has 0 unspecified atom stereocenters. The summed E-state index contributed by atoms with van der Waals surface area (Å²) >= 11 is 0. The molecule has 0 aliphatic heterocycles. The number of benzene rings is 2. The molecule has 2 aromatic rings. The molecule has 0 saturated heterocycles. The number of aromatic carboxylic acids is 1. The van der Waals surface area contributed by atoms with Crippen LogP contribution in [0.25, 0.3) is 0 Å². The number of nitro groups is 1. The van der Waals surface area contributed by atoms with Gasteiger partial charge < -0.3 is 10.4 Å². The molecular weight excluding hydrogens is 272 g/mol. The molecule has 6 heteroatoms. The molecule has 0 amide bonds. The maximum Gasteiger partial charge on any atom is 0.335 e. The van der Waals surface area contributed by atoms with E-state index in [0.29, 0.717) is 16.9 Å². The molecule has 0 fully saturated rings. The van der Waals surface area contributed by atoms with Crippen molar-refractivity contribution in [2.45, 2.75) is 13.8 Å². The quantitative estimate of drug-likeness (QED) is 0.661. The van der Waals surface area contributed by atoms with E-state index in [-0.39, 0.29) is 11.3 Å². The van der Waals surface area contributed by atoms with Gasteiger partial charge in [0.2, 0.25) is 0 Å². The van der Waals surface area contributed by atoms with E-state index < -0.39 is 10.9 Å². The van der Waals surface area contributed by atoms with Crippen LogP contribution in [0, 0.1) is 24.0 Å². The summed E-state index contributed by atoms with van der Waals surface area (Å²) in [6.07, 6.45) is 0. The van der Waals surface area contributed by atoms with Gasteiger partial charge in [0.25, 0.3) is 5.69 Å². The molecule has 0 atom stereocenters. The minimum atomic E-state index is -0.999. The van der Waals surface area contributed by atoms with E-state index in [1.165, 1.54) is 12.1 Å². The third-order valence-corrected chi connectivity index (χ3v) is 3.08. The van der Waals surface area contributed by atoms with Crippen LogP contribution < -0.4 is 5.32 Å². The van der Waals surface area contributed by atoms with Gasteiger partial charge in [0.15, 0.2) is 0 Å². The number of aryl methyl sites for hydroxylation is 2. The first-order chi connectivity index (χ1) is 9.88. The van der Waals surface area contributed by atoms with E-state index >= 15 is 0 Å². The number of carboxylic acid groups (broad SMARTS) is 1. The number of hydrogen-bond acceptors (Lipinski definition) is 4. The van der Waals surface area contributed by atoms with Crippen molar-refractivity contribution < 1.29 is 14.8 Å². The molecule has 0 saturated carbocycles. The van der Waals surface area contributed by atoms with Crippen molar-refractivity contribution in [2.24, 2.45) is 0 Å². The zero-order valence-electron chi connectivity index (χ0n) is 11.6. The van der Waals surface area contributed by atoms with Crippen LogP contribution in [0.1, 0.15) is 21.5 Å². The monoisotopic (exact) mass is 286 g/mol. The molecule has 0 heterocycles. The second-order valence-electron chi connectivity index (χ2n) is 4.74. The minimum Gasteiger partial charge on any atom is -0.478 e. The number of carboxylic acids is 1. The zero-order chi connectivity index (χ0) is 15.6. The van der Waals surface area contributed by atoms with E-state index in [9.17, 15) is 14.9 Å². The van der Waals surface area contributed by atoms with E-state index in [0.717, 1.165) is 5.56 Å². The third-order valence-electron chi connectivity index (χ3n) is 3.08. The lowest BCUT2D eigenvalue weighted by molar-refractivity contribution is -0.383. The van der Waals surface area contributed by atoms with Crippen LogP contribution in [0.2, 0.25) is 0 Å². The van der Waals surface area contributed by atoms with Gasteiger partial charge in [-0.2, -0.15) is 0 Å². The Bertz CT molecular complexity index is 726. The van der Waals surface area contributed by atoms with Gasteiger partial charge in [-0.25, -0.2) is 4.79 Å². The Morgan fingerprint density at radius 3 is 2.48 bits per heavy atom. The molecular formula is C15H14N2O4. The summed E-state index contributed by atoms with van der Waals surface area (Å²) in [5, 5.41) is 23.0. The van der Waals surface area contributed by atoms with Crippen LogP contribution >= 0.6 is 0 Å². The van der Waals surface area contributed by atoms with E-state index in [1.807, 2.05) is 6.92 Å². The number of nitro benzene ring substituents is 1. The normalized spacial score (nSPS) is 10.2. The van der Waals surface area contributed by atoms with Crippen molar-refractivity contribution in [2.75, 3.05) is 5.32 Å². The van der Waals surface area contributed by atoms with E-state index in [1.54, 1.807) is 31.2 Å². The molecule has 108 valence electrons. The Morgan fingerprint density at radius 1 is 1.19 bits per heavy atom. The maximum atomic E-state index is 11.0. The number of hydrogen-bond donors (Lipinski definition) is 2. The highest BCUT2D eigenvalue weighted by Gasteiger charge is 2.14. The number of nitrogens with zero attached hydrogens (tertiary/aromatic N) is 1. The van der Waals surface area contributed by atoms with Gasteiger partial charge >= 0.3 is 5.97 Å². The van der Waals surface area contributed by atoms with Crippen molar-refractivity contribution in [1.29, 1.82) is 0 Å². The predicted molar refractivity (Wildman–Crippen MR) is 79.3 cm³/mol. The fourth-order valence-corrected chi connectivity index (χ4v) is 2.05. The van der Waals surface area contributed by atoms with E-state index in [4.69, 9.17) is 5.11 Å². The number of carbonyl (C=O) groups is 1. The Balaban J connectivity index is 2.38. The Morgan fingerprint density at radius 2 is 1.90 bits per heavy atom. The summed E-state index contributed by atoms with van der Waals surface area (Å²) in [6, 6.07) is 9.50. The van der Waals surface area contributed by atoms with Crippen LogP contribution in [0.4, 0.5) is 17.1 Å². The summed E-state index contributed by atoms with van der Waals surface area (Å²) in [5.41, 5.74) is 2.64. The second-order valence-corrected chi connectivity index (χ2v) is 4.74. The van der Waals surface area contributed by atoms with Crippen molar-refractivity contribution in [3.8, 4) is 0 Å². The highest BCUT2D eigenvalue weighted by molar-refractivity contribution is 5.90. The molecule has 2 rings (SSSR count). The number of anilines is 2. The maximum absolute atomic E-state index is 11.0. The Kier molecular flexibility index (Phi) is 3.89. The Hall–Kier alpha value is -2.89. The first-order valence-electron chi connectivity index (χ1n) is 6.24. The van der Waals surface area contributed by atoms with E-state index in [2.05, 4.69) is 5.32 Å². The summed E-state index contributed by atoms with van der Waals surface area (Å²) < 4.78 is 0. The van der Waals surface area contributed by atoms with Crippen molar-refractivity contribution in [3.63, 3.8) is 0 Å². The van der Waals surface area contributed by atoms with Gasteiger partial charge in [-0.05, 0) is 49.2 Å². The highest BCUT2D eigenvalue weighted by Crippen LogP contribution is 2.29. The summed E-state index contributed by atoms with van der Waals surface area (Å²) in [5.74, 6) is -0.999. The number of rotatable bonds is 4. The molecule has 0 radical (unpaired) electrons. The SMILES string of the molecule is Cc1ccc([N+](=O)[O-])c(Nc2ccc(C(=O)O)c(C)c2)c1. The smallest absolute Gasteiger partial charge is 0.335 e. The molecule has 0 aliphatic rings.